The van der Waals surface area contributed by atoms with Gasteiger partial charge >= 0.3 is 6.18 Å². The number of aryl methyl sites for hydroxylation is 1. The lowest BCUT2D eigenvalue weighted by Crippen LogP contribution is -2.39. The third-order valence-electron chi connectivity index (χ3n) is 3.52. The van der Waals surface area contributed by atoms with Gasteiger partial charge in [0.05, 0.1) is 5.01 Å². The third-order valence-corrected chi connectivity index (χ3v) is 4.43. The predicted octanol–water partition coefficient (Wildman–Crippen LogP) is 3.22. The van der Waals surface area contributed by atoms with Crippen LogP contribution in [0.4, 0.5) is 19.0 Å². The van der Waals surface area contributed by atoms with E-state index in [0.29, 0.717) is 36.3 Å². The lowest BCUT2D eigenvalue weighted by atomic mass is 10.3. The van der Waals surface area contributed by atoms with E-state index in [9.17, 15) is 18.0 Å². The maximum absolute atomic E-state index is 12.5. The molecule has 2 heterocycles. The highest BCUT2D eigenvalue weighted by atomic mass is 127. The number of halogens is 4. The Morgan fingerprint density at radius 2 is 1.97 bits per heavy atom. The van der Waals surface area contributed by atoms with Gasteiger partial charge in [0.2, 0.25) is 5.91 Å². The van der Waals surface area contributed by atoms with Crippen LogP contribution in [0.1, 0.15) is 22.7 Å². The first-order valence-corrected chi connectivity index (χ1v) is 9.34. The third kappa shape index (κ3) is 8.94. The van der Waals surface area contributed by atoms with Crippen LogP contribution in [0.5, 0.6) is 0 Å². The summed E-state index contributed by atoms with van der Waals surface area (Å²) in [5.74, 6) is 0.746. The molecule has 0 radical (unpaired) electrons. The van der Waals surface area contributed by atoms with Crippen LogP contribution in [-0.4, -0.2) is 42.0 Å². The number of carbonyl (C=O) groups excluding carboxylic acids is 1. The standard InChI is InChI=1S/C17H21F3N6OS.HI/c1-11-3-4-13(24-9-11)26-14(27)5-7-22-16(21-2)23-8-6-15-25-12(10-28-15)17(18,19)20;/h3-4,9-10H,5-8H2,1-2H3,(H2,21,22,23)(H,24,26,27);1H. The van der Waals surface area contributed by atoms with Crippen LogP contribution in [0.3, 0.4) is 0 Å². The van der Waals surface area contributed by atoms with Crippen molar-refractivity contribution in [3.63, 3.8) is 0 Å². The van der Waals surface area contributed by atoms with Crippen LogP contribution in [-0.2, 0) is 17.4 Å². The largest absolute Gasteiger partial charge is 0.434 e. The summed E-state index contributed by atoms with van der Waals surface area (Å²) in [5, 5.41) is 10.0. The molecule has 160 valence electrons. The molecule has 2 aromatic rings. The van der Waals surface area contributed by atoms with Crippen LogP contribution in [0.15, 0.2) is 28.7 Å². The summed E-state index contributed by atoms with van der Waals surface area (Å²) in [6.07, 6.45) is -2.22. The number of aromatic nitrogens is 2. The molecule has 0 bridgehead atoms. The molecule has 1 amide bonds. The van der Waals surface area contributed by atoms with Crippen molar-refractivity contribution in [1.29, 1.82) is 0 Å². The molecule has 0 aromatic carbocycles. The monoisotopic (exact) mass is 542 g/mol. The number of nitrogens with zero attached hydrogens (tertiary/aromatic N) is 3. The highest BCUT2D eigenvalue weighted by molar-refractivity contribution is 14.0. The van der Waals surface area contributed by atoms with E-state index < -0.39 is 11.9 Å². The van der Waals surface area contributed by atoms with Gasteiger partial charge in [-0.3, -0.25) is 9.79 Å². The molecule has 0 unspecified atom stereocenters. The van der Waals surface area contributed by atoms with Gasteiger partial charge in [0.1, 0.15) is 5.82 Å². The number of anilines is 1. The number of guanidine groups is 1. The Bertz CT molecular complexity index is 810. The molecule has 29 heavy (non-hydrogen) atoms. The molecular formula is C17H22F3IN6OS. The zero-order valence-electron chi connectivity index (χ0n) is 15.8. The number of rotatable bonds is 7. The van der Waals surface area contributed by atoms with E-state index in [2.05, 4.69) is 30.9 Å². The molecule has 2 rings (SSSR count). The molecule has 0 aliphatic heterocycles. The van der Waals surface area contributed by atoms with Gasteiger partial charge in [-0.15, -0.1) is 35.3 Å². The minimum Gasteiger partial charge on any atom is -0.356 e. The second-order valence-electron chi connectivity index (χ2n) is 5.82. The predicted molar refractivity (Wildman–Crippen MR) is 118 cm³/mol. The Kier molecular flexibility index (Phi) is 10.3. The SMILES string of the molecule is CN=C(NCCC(=O)Nc1ccc(C)cn1)NCCc1nc(C(F)(F)F)cs1.I. The average Bonchev–Trinajstić information content (AvgIpc) is 3.12. The highest BCUT2D eigenvalue weighted by Gasteiger charge is 2.33. The van der Waals surface area contributed by atoms with Crippen molar-refractivity contribution in [3.8, 4) is 0 Å². The van der Waals surface area contributed by atoms with Crippen molar-refractivity contribution in [3.05, 3.63) is 40.0 Å². The number of alkyl halides is 3. The van der Waals surface area contributed by atoms with Crippen molar-refractivity contribution in [2.75, 3.05) is 25.5 Å². The first-order chi connectivity index (χ1) is 13.3. The van der Waals surface area contributed by atoms with Crippen molar-refractivity contribution in [1.82, 2.24) is 20.6 Å². The number of amides is 1. The second-order valence-corrected chi connectivity index (χ2v) is 6.76. The summed E-state index contributed by atoms with van der Waals surface area (Å²) >= 11 is 0.969. The van der Waals surface area contributed by atoms with Crippen molar-refractivity contribution >= 4 is 53.0 Å². The molecule has 12 heteroatoms. The van der Waals surface area contributed by atoms with Gasteiger partial charge in [0.15, 0.2) is 11.7 Å². The smallest absolute Gasteiger partial charge is 0.356 e. The maximum atomic E-state index is 12.5. The van der Waals surface area contributed by atoms with Gasteiger partial charge in [0, 0.05) is 44.6 Å². The molecule has 0 saturated heterocycles. The Morgan fingerprint density at radius 1 is 1.24 bits per heavy atom. The number of aliphatic imine (C=N–C) groups is 1. The number of hydrogen-bond donors (Lipinski definition) is 3. The second kappa shape index (κ2) is 11.9. The number of hydrogen-bond acceptors (Lipinski definition) is 5. The summed E-state index contributed by atoms with van der Waals surface area (Å²) in [6, 6.07) is 3.58. The Labute approximate surface area is 187 Å². The van der Waals surface area contributed by atoms with Gasteiger partial charge in [-0.05, 0) is 18.6 Å². The zero-order valence-corrected chi connectivity index (χ0v) is 19.0. The summed E-state index contributed by atoms with van der Waals surface area (Å²) in [7, 11) is 1.57. The molecule has 0 aliphatic rings. The molecule has 2 aromatic heterocycles. The molecule has 0 aliphatic carbocycles. The fourth-order valence-corrected chi connectivity index (χ4v) is 2.91. The van der Waals surface area contributed by atoms with E-state index in [1.165, 1.54) is 0 Å². The summed E-state index contributed by atoms with van der Waals surface area (Å²) < 4.78 is 37.6. The Balaban J connectivity index is 0.00000420. The average molecular weight is 542 g/mol. The fourth-order valence-electron chi connectivity index (χ4n) is 2.11. The first kappa shape index (κ1) is 25.1. The van der Waals surface area contributed by atoms with Crippen LogP contribution in [0, 0.1) is 6.92 Å². The number of carbonyl (C=O) groups is 1. The quantitative estimate of drug-likeness (QED) is 0.284. The zero-order chi connectivity index (χ0) is 20.6. The molecule has 7 nitrogen and oxygen atoms in total. The van der Waals surface area contributed by atoms with Crippen LogP contribution < -0.4 is 16.0 Å². The number of pyridine rings is 1. The van der Waals surface area contributed by atoms with E-state index in [1.807, 2.05) is 13.0 Å². The molecule has 0 fully saturated rings. The van der Waals surface area contributed by atoms with E-state index in [1.54, 1.807) is 19.3 Å². The van der Waals surface area contributed by atoms with Crippen LogP contribution in [0.25, 0.3) is 0 Å². The normalized spacial score (nSPS) is 11.6. The Hall–Kier alpha value is -1.96. The number of nitrogens with one attached hydrogen (secondary N) is 3. The summed E-state index contributed by atoms with van der Waals surface area (Å²) in [4.78, 5) is 23.6. The van der Waals surface area contributed by atoms with Crippen LogP contribution >= 0.6 is 35.3 Å². The van der Waals surface area contributed by atoms with Gasteiger partial charge in [-0.2, -0.15) is 13.2 Å². The minimum absolute atomic E-state index is 0. The van der Waals surface area contributed by atoms with E-state index in [-0.39, 0.29) is 36.3 Å². The summed E-state index contributed by atoms with van der Waals surface area (Å²) in [6.45, 7) is 2.61. The Morgan fingerprint density at radius 3 is 2.55 bits per heavy atom. The molecular weight excluding hydrogens is 520 g/mol. The van der Waals surface area contributed by atoms with Crippen LogP contribution in [0.2, 0.25) is 0 Å². The maximum Gasteiger partial charge on any atom is 0.434 e. The van der Waals surface area contributed by atoms with Gasteiger partial charge in [-0.25, -0.2) is 9.97 Å². The molecule has 0 saturated carbocycles. The molecule has 3 N–H and O–H groups in total. The van der Waals surface area contributed by atoms with Gasteiger partial charge in [0.25, 0.3) is 0 Å². The lowest BCUT2D eigenvalue weighted by Gasteiger charge is -2.11. The van der Waals surface area contributed by atoms with E-state index in [0.717, 1.165) is 22.3 Å². The topological polar surface area (TPSA) is 91.3 Å². The highest BCUT2D eigenvalue weighted by Crippen LogP contribution is 2.29. The fraction of sp³-hybridized carbons (Fsp3) is 0.412. The molecule has 0 atom stereocenters. The number of thiazole rings is 1. The lowest BCUT2D eigenvalue weighted by molar-refractivity contribution is -0.140. The van der Waals surface area contributed by atoms with E-state index >= 15 is 0 Å². The van der Waals surface area contributed by atoms with Crippen molar-refractivity contribution in [2.24, 2.45) is 4.99 Å². The minimum atomic E-state index is -4.42. The van der Waals surface area contributed by atoms with Gasteiger partial charge < -0.3 is 16.0 Å². The van der Waals surface area contributed by atoms with Crippen molar-refractivity contribution in [2.45, 2.75) is 25.9 Å². The van der Waals surface area contributed by atoms with E-state index in [4.69, 9.17) is 0 Å². The van der Waals surface area contributed by atoms with Crippen molar-refractivity contribution < 1.29 is 18.0 Å². The van der Waals surface area contributed by atoms with Gasteiger partial charge in [-0.1, -0.05) is 6.07 Å². The first-order valence-electron chi connectivity index (χ1n) is 8.46. The molecule has 0 spiro atoms. The summed E-state index contributed by atoms with van der Waals surface area (Å²) in [5.41, 5.74) is 0.131.